The molecule has 1 amide bonds. The van der Waals surface area contributed by atoms with Gasteiger partial charge in [0.25, 0.3) is 0 Å². The van der Waals surface area contributed by atoms with Crippen LogP contribution in [-0.4, -0.2) is 47.9 Å². The number of halogens is 1. The number of carbonyl (C=O) groups is 1. The number of aliphatic imine (C=N–C) groups is 1. The van der Waals surface area contributed by atoms with E-state index in [1.165, 1.54) is 4.88 Å². The van der Waals surface area contributed by atoms with Gasteiger partial charge in [0.1, 0.15) is 5.01 Å². The number of hydrogen-bond acceptors (Lipinski definition) is 4. The normalized spacial score (nSPS) is 16.0. The Hall–Kier alpha value is -0.900. The lowest BCUT2D eigenvalue weighted by Gasteiger charge is -2.34. The van der Waals surface area contributed by atoms with Crippen LogP contribution in [0.5, 0.6) is 0 Å². The van der Waals surface area contributed by atoms with E-state index in [-0.39, 0.29) is 35.8 Å². The first-order valence-electron chi connectivity index (χ1n) is 8.17. The van der Waals surface area contributed by atoms with Gasteiger partial charge in [-0.15, -0.1) is 35.3 Å². The molecule has 1 saturated heterocycles. The summed E-state index contributed by atoms with van der Waals surface area (Å²) < 4.78 is 0. The summed E-state index contributed by atoms with van der Waals surface area (Å²) in [6, 6.07) is 0.357. The van der Waals surface area contributed by atoms with Crippen LogP contribution < -0.4 is 10.6 Å². The zero-order valence-corrected chi connectivity index (χ0v) is 18.0. The van der Waals surface area contributed by atoms with E-state index in [2.05, 4.69) is 27.5 Å². The van der Waals surface area contributed by atoms with Crippen molar-refractivity contribution in [2.24, 2.45) is 10.9 Å². The van der Waals surface area contributed by atoms with Crippen LogP contribution in [0.2, 0.25) is 0 Å². The van der Waals surface area contributed by atoms with E-state index >= 15 is 0 Å². The van der Waals surface area contributed by atoms with E-state index in [0.717, 1.165) is 36.9 Å². The molecule has 0 aliphatic carbocycles. The quantitative estimate of drug-likeness (QED) is 0.407. The molecule has 2 rings (SSSR count). The highest BCUT2D eigenvalue weighted by Gasteiger charge is 2.24. The van der Waals surface area contributed by atoms with Crippen LogP contribution in [0.15, 0.2) is 11.2 Å². The molecule has 136 valence electrons. The molecule has 0 aromatic carbocycles. The maximum atomic E-state index is 12.0. The van der Waals surface area contributed by atoms with Gasteiger partial charge in [0.2, 0.25) is 5.91 Å². The van der Waals surface area contributed by atoms with Gasteiger partial charge in [-0.25, -0.2) is 4.98 Å². The summed E-state index contributed by atoms with van der Waals surface area (Å²) in [5.74, 6) is 1.13. The number of carbonyl (C=O) groups excluding carboxylic acids is 1. The van der Waals surface area contributed by atoms with E-state index in [9.17, 15) is 4.79 Å². The van der Waals surface area contributed by atoms with Crippen LogP contribution in [-0.2, 0) is 11.3 Å². The van der Waals surface area contributed by atoms with Crippen molar-refractivity contribution in [3.63, 3.8) is 0 Å². The molecule has 2 N–H and O–H groups in total. The third-order valence-corrected chi connectivity index (χ3v) is 4.85. The number of hydrogen-bond donors (Lipinski definition) is 2. The van der Waals surface area contributed by atoms with Crippen molar-refractivity contribution in [1.82, 2.24) is 20.5 Å². The number of piperidine rings is 1. The third kappa shape index (κ3) is 6.19. The van der Waals surface area contributed by atoms with Crippen LogP contribution in [0.3, 0.4) is 0 Å². The molecule has 0 unspecified atom stereocenters. The molecular weight excluding hydrogens is 437 g/mol. The van der Waals surface area contributed by atoms with Crippen molar-refractivity contribution in [3.8, 4) is 0 Å². The van der Waals surface area contributed by atoms with Crippen molar-refractivity contribution in [2.45, 2.75) is 46.2 Å². The zero-order chi connectivity index (χ0) is 16.8. The molecule has 8 heteroatoms. The van der Waals surface area contributed by atoms with E-state index < -0.39 is 0 Å². The summed E-state index contributed by atoms with van der Waals surface area (Å²) in [4.78, 5) is 23.8. The predicted octanol–water partition coefficient (Wildman–Crippen LogP) is 2.38. The van der Waals surface area contributed by atoms with E-state index in [0.29, 0.717) is 12.6 Å². The first-order chi connectivity index (χ1) is 11.0. The number of rotatable bonds is 4. The molecule has 1 aromatic rings. The van der Waals surface area contributed by atoms with Crippen LogP contribution in [0.1, 0.15) is 36.6 Å². The molecule has 0 spiro atoms. The molecule has 6 nitrogen and oxygen atoms in total. The Morgan fingerprint density at radius 3 is 2.62 bits per heavy atom. The Bertz CT molecular complexity index is 552. The number of likely N-dealkylation sites (tertiary alicyclic amines) is 1. The van der Waals surface area contributed by atoms with E-state index in [1.54, 1.807) is 18.4 Å². The summed E-state index contributed by atoms with van der Waals surface area (Å²) in [5.41, 5.74) is 0. The van der Waals surface area contributed by atoms with Gasteiger partial charge in [0.15, 0.2) is 5.96 Å². The lowest BCUT2D eigenvalue weighted by molar-refractivity contribution is -0.135. The average Bonchev–Trinajstić information content (AvgIpc) is 2.96. The Morgan fingerprint density at radius 1 is 1.46 bits per heavy atom. The Kier molecular flexibility index (Phi) is 8.96. The minimum absolute atomic E-state index is 0. The molecule has 1 fully saturated rings. The van der Waals surface area contributed by atoms with Gasteiger partial charge in [0.05, 0.1) is 6.54 Å². The topological polar surface area (TPSA) is 69.6 Å². The fraction of sp³-hybridized carbons (Fsp3) is 0.688. The maximum Gasteiger partial charge on any atom is 0.225 e. The Labute approximate surface area is 165 Å². The summed E-state index contributed by atoms with van der Waals surface area (Å²) >= 11 is 1.69. The predicted molar refractivity (Wildman–Crippen MR) is 110 cm³/mol. The Morgan fingerprint density at radius 2 is 2.12 bits per heavy atom. The summed E-state index contributed by atoms with van der Waals surface area (Å²) in [6.45, 7) is 8.29. The number of amides is 1. The fourth-order valence-electron chi connectivity index (χ4n) is 2.64. The monoisotopic (exact) mass is 465 g/mol. The zero-order valence-electron chi connectivity index (χ0n) is 14.8. The number of nitrogens with one attached hydrogen (secondary N) is 2. The number of thiazole rings is 1. The van der Waals surface area contributed by atoms with Crippen LogP contribution in [0.25, 0.3) is 0 Å². The van der Waals surface area contributed by atoms with Crippen LogP contribution >= 0.6 is 35.3 Å². The van der Waals surface area contributed by atoms with Gasteiger partial charge in [-0.2, -0.15) is 0 Å². The van der Waals surface area contributed by atoms with Gasteiger partial charge >= 0.3 is 0 Å². The third-order valence-electron chi connectivity index (χ3n) is 3.94. The average molecular weight is 465 g/mol. The van der Waals surface area contributed by atoms with E-state index in [4.69, 9.17) is 0 Å². The minimum Gasteiger partial charge on any atom is -0.354 e. The fourth-order valence-corrected chi connectivity index (χ4v) is 3.37. The van der Waals surface area contributed by atoms with Crippen molar-refractivity contribution in [3.05, 3.63) is 16.1 Å². The standard InChI is InChI=1S/C16H27N5OS.HI/c1-11(2)15(22)21-7-5-13(6-8-21)20-16(17-4)19-10-14-18-9-12(3)23-14;/h9,11,13H,5-8,10H2,1-4H3,(H2,17,19,20);1H. The second-order valence-electron chi connectivity index (χ2n) is 6.19. The van der Waals surface area contributed by atoms with Gasteiger partial charge < -0.3 is 15.5 Å². The molecular formula is C16H28IN5OS. The first kappa shape index (κ1) is 21.1. The Balaban J connectivity index is 0.00000288. The summed E-state index contributed by atoms with van der Waals surface area (Å²) in [5, 5.41) is 7.81. The SMILES string of the molecule is CN=C(NCc1ncc(C)s1)NC1CCN(C(=O)C(C)C)CC1.I. The maximum absolute atomic E-state index is 12.0. The molecule has 0 saturated carbocycles. The van der Waals surface area contributed by atoms with Crippen molar-refractivity contribution >= 4 is 47.2 Å². The highest BCUT2D eigenvalue weighted by atomic mass is 127. The van der Waals surface area contributed by atoms with Crippen LogP contribution in [0.4, 0.5) is 0 Å². The number of aromatic nitrogens is 1. The highest BCUT2D eigenvalue weighted by molar-refractivity contribution is 14.0. The lowest BCUT2D eigenvalue weighted by atomic mass is 10.0. The van der Waals surface area contributed by atoms with Crippen LogP contribution in [0, 0.1) is 12.8 Å². The molecule has 2 heterocycles. The minimum atomic E-state index is 0. The van der Waals surface area contributed by atoms with Crippen molar-refractivity contribution in [2.75, 3.05) is 20.1 Å². The molecule has 1 aliphatic rings. The molecule has 0 bridgehead atoms. The molecule has 1 aliphatic heterocycles. The van der Waals surface area contributed by atoms with Gasteiger partial charge in [-0.1, -0.05) is 13.8 Å². The molecule has 0 atom stereocenters. The van der Waals surface area contributed by atoms with Gasteiger partial charge in [-0.05, 0) is 19.8 Å². The molecule has 1 aromatic heterocycles. The van der Waals surface area contributed by atoms with Crippen molar-refractivity contribution in [1.29, 1.82) is 0 Å². The molecule has 0 radical (unpaired) electrons. The highest BCUT2D eigenvalue weighted by Crippen LogP contribution is 2.13. The number of guanidine groups is 1. The number of nitrogens with zero attached hydrogens (tertiary/aromatic N) is 3. The number of aryl methyl sites for hydroxylation is 1. The van der Waals surface area contributed by atoms with Gasteiger partial charge in [-0.3, -0.25) is 9.79 Å². The first-order valence-corrected chi connectivity index (χ1v) is 8.98. The second-order valence-corrected chi connectivity index (χ2v) is 7.51. The molecule has 24 heavy (non-hydrogen) atoms. The van der Waals surface area contributed by atoms with Crippen molar-refractivity contribution < 1.29 is 4.79 Å². The largest absolute Gasteiger partial charge is 0.354 e. The second kappa shape index (κ2) is 10.2. The van der Waals surface area contributed by atoms with E-state index in [1.807, 2.05) is 24.9 Å². The lowest BCUT2D eigenvalue weighted by Crippen LogP contribution is -2.50. The smallest absolute Gasteiger partial charge is 0.225 e. The van der Waals surface area contributed by atoms with Gasteiger partial charge in [0, 0.05) is 43.2 Å². The summed E-state index contributed by atoms with van der Waals surface area (Å²) in [7, 11) is 1.78. The summed E-state index contributed by atoms with van der Waals surface area (Å²) in [6.07, 6.45) is 3.80.